The molecule has 4 heteroatoms. The number of nitrogens with zero attached hydrogens (tertiary/aromatic N) is 2. The van der Waals surface area contributed by atoms with Crippen LogP contribution in [-0.2, 0) is 0 Å². The van der Waals surface area contributed by atoms with E-state index in [1.54, 1.807) is 0 Å². The van der Waals surface area contributed by atoms with Gasteiger partial charge < -0.3 is 5.73 Å². The van der Waals surface area contributed by atoms with Gasteiger partial charge in [0.05, 0.1) is 4.11 Å². The van der Waals surface area contributed by atoms with Gasteiger partial charge in [-0.15, -0.1) is 0 Å². The number of amidine groups is 1. The fraction of sp³-hybridized carbons (Fsp3) is 0. The normalized spacial score (nSPS) is 13.6. The molecule has 0 spiro atoms. The van der Waals surface area contributed by atoms with Crippen LogP contribution in [0.15, 0.2) is 18.4 Å². The van der Waals surface area contributed by atoms with Gasteiger partial charge in [0, 0.05) is 12.3 Å². The second kappa shape index (κ2) is 2.21. The Hall–Kier alpha value is -1.45. The molecule has 0 saturated carbocycles. The van der Waals surface area contributed by atoms with Gasteiger partial charge in [-0.05, 0) is 6.04 Å². The van der Waals surface area contributed by atoms with E-state index in [1.165, 1.54) is 0 Å². The summed E-state index contributed by atoms with van der Waals surface area (Å²) in [4.78, 5) is 6.86. The van der Waals surface area contributed by atoms with E-state index >= 15 is 0 Å². The van der Waals surface area contributed by atoms with Crippen LogP contribution in [0.5, 0.6) is 0 Å². The topological polar surface area (TPSA) is 75.7 Å². The zero-order valence-electron chi connectivity index (χ0n) is 7.47. The standard InChI is InChI=1S/C5H6N4/c6-4(7)5-8-2-1-3-9-5/h1-3H,(H3,6,7)/i1D,2D,3D. The van der Waals surface area contributed by atoms with Crippen LogP contribution < -0.4 is 5.73 Å². The van der Waals surface area contributed by atoms with Crippen molar-refractivity contribution >= 4 is 5.84 Å². The molecule has 0 aliphatic rings. The van der Waals surface area contributed by atoms with Gasteiger partial charge in [0.15, 0.2) is 11.7 Å². The summed E-state index contributed by atoms with van der Waals surface area (Å²) in [6.45, 7) is 0. The number of aromatic nitrogens is 2. The summed E-state index contributed by atoms with van der Waals surface area (Å²) in [7, 11) is 0. The van der Waals surface area contributed by atoms with Crippen LogP contribution in [0.1, 0.15) is 9.94 Å². The second-order valence-corrected chi connectivity index (χ2v) is 1.31. The zero-order valence-corrected chi connectivity index (χ0v) is 4.47. The van der Waals surface area contributed by atoms with Crippen molar-refractivity contribution in [3.8, 4) is 0 Å². The maximum Gasteiger partial charge on any atom is 0.194 e. The minimum absolute atomic E-state index is 0.180. The number of nitrogens with two attached hydrogens (primary N) is 1. The van der Waals surface area contributed by atoms with Crippen molar-refractivity contribution in [1.29, 1.82) is 5.41 Å². The van der Waals surface area contributed by atoms with Crippen molar-refractivity contribution in [1.82, 2.24) is 9.97 Å². The molecule has 0 aromatic carbocycles. The van der Waals surface area contributed by atoms with E-state index in [4.69, 9.17) is 15.3 Å². The van der Waals surface area contributed by atoms with Gasteiger partial charge in [0.25, 0.3) is 0 Å². The molecule has 1 aromatic rings. The Morgan fingerprint density at radius 1 is 1.67 bits per heavy atom. The van der Waals surface area contributed by atoms with Crippen molar-refractivity contribution in [2.24, 2.45) is 5.73 Å². The molecule has 4 nitrogen and oxygen atoms in total. The van der Waals surface area contributed by atoms with E-state index in [2.05, 4.69) is 9.97 Å². The Bertz CT molecular complexity index is 314. The minimum Gasteiger partial charge on any atom is -0.381 e. The lowest BCUT2D eigenvalue weighted by Crippen LogP contribution is -2.14. The minimum atomic E-state index is -0.406. The summed E-state index contributed by atoms with van der Waals surface area (Å²) in [5.41, 5.74) is 5.03. The van der Waals surface area contributed by atoms with Crippen molar-refractivity contribution in [3.63, 3.8) is 0 Å². The van der Waals surface area contributed by atoms with Gasteiger partial charge in [-0.3, -0.25) is 5.41 Å². The highest BCUT2D eigenvalue weighted by Gasteiger charge is 1.93. The molecule has 46 valence electrons. The monoisotopic (exact) mass is 125 g/mol. The molecule has 1 aromatic heterocycles. The number of nitrogens with one attached hydrogen (secondary N) is 1. The van der Waals surface area contributed by atoms with Crippen LogP contribution in [-0.4, -0.2) is 15.8 Å². The SMILES string of the molecule is [2H]c1nc(C(=N)N)nc([2H])c1[2H]. The van der Waals surface area contributed by atoms with Crippen LogP contribution in [0, 0.1) is 5.41 Å². The number of nitrogen functional groups attached to an aromatic ring is 1. The molecule has 0 atom stereocenters. The molecule has 1 heterocycles. The van der Waals surface area contributed by atoms with Gasteiger partial charge in [-0.2, -0.15) is 0 Å². The second-order valence-electron chi connectivity index (χ2n) is 1.31. The van der Waals surface area contributed by atoms with Gasteiger partial charge in [0.2, 0.25) is 0 Å². The van der Waals surface area contributed by atoms with Gasteiger partial charge in [-0.1, -0.05) is 0 Å². The van der Waals surface area contributed by atoms with E-state index in [0.29, 0.717) is 0 Å². The summed E-state index contributed by atoms with van der Waals surface area (Å²) >= 11 is 0. The largest absolute Gasteiger partial charge is 0.381 e. The van der Waals surface area contributed by atoms with Crippen molar-refractivity contribution in [2.75, 3.05) is 0 Å². The van der Waals surface area contributed by atoms with E-state index < -0.39 is 5.84 Å². The number of hydrogen-bond acceptors (Lipinski definition) is 3. The Kier molecular flexibility index (Phi) is 0.715. The molecule has 0 unspecified atom stereocenters. The lowest BCUT2D eigenvalue weighted by Gasteiger charge is -1.90. The molecule has 3 N–H and O–H groups in total. The molecule has 0 aliphatic heterocycles. The molecule has 9 heavy (non-hydrogen) atoms. The predicted molar refractivity (Wildman–Crippen MR) is 33.0 cm³/mol. The first-order valence-corrected chi connectivity index (χ1v) is 2.18. The highest BCUT2D eigenvalue weighted by atomic mass is 14.9. The molecule has 1 rings (SSSR count). The van der Waals surface area contributed by atoms with E-state index in [9.17, 15) is 0 Å². The first-order chi connectivity index (χ1) is 5.52. The maximum atomic E-state index is 7.08. The molecule has 0 amide bonds. The molecule has 0 saturated heterocycles. The highest BCUT2D eigenvalue weighted by Crippen LogP contribution is 1.82. The molecule has 0 radical (unpaired) electrons. The maximum absolute atomic E-state index is 7.08. The third-order valence-corrected chi connectivity index (χ3v) is 0.676. The number of rotatable bonds is 1. The van der Waals surface area contributed by atoms with E-state index in [1.807, 2.05) is 0 Å². The van der Waals surface area contributed by atoms with Gasteiger partial charge in [-0.25, -0.2) is 9.97 Å². The Labute approximate surface area is 56.5 Å². The molecular formula is C5H6N4. The van der Waals surface area contributed by atoms with Crippen LogP contribution in [0.4, 0.5) is 0 Å². The summed E-state index contributed by atoms with van der Waals surface area (Å²) < 4.78 is 21.2. The fourth-order valence-electron chi connectivity index (χ4n) is 0.332. The smallest absolute Gasteiger partial charge is 0.194 e. The molecule has 0 fully saturated rings. The van der Waals surface area contributed by atoms with Gasteiger partial charge in [0.1, 0.15) is 0 Å². The number of hydrogen-bond donors (Lipinski definition) is 2. The van der Waals surface area contributed by atoms with Crippen LogP contribution in [0.2, 0.25) is 0 Å². The average Bonchev–Trinajstić information content (AvgIpc) is 1.99. The van der Waals surface area contributed by atoms with Crippen LogP contribution in [0.3, 0.4) is 0 Å². The first-order valence-electron chi connectivity index (χ1n) is 3.68. The van der Waals surface area contributed by atoms with Gasteiger partial charge >= 0.3 is 0 Å². The average molecular weight is 125 g/mol. The first kappa shape index (κ1) is 2.91. The Morgan fingerprint density at radius 2 is 2.22 bits per heavy atom. The summed E-state index contributed by atoms with van der Waals surface area (Å²) in [5, 5.41) is 6.92. The highest BCUT2D eigenvalue weighted by molar-refractivity contribution is 5.90. The summed E-state index contributed by atoms with van der Waals surface area (Å²) in [6.07, 6.45) is -0.777. The zero-order chi connectivity index (χ0) is 9.30. The molecule has 0 bridgehead atoms. The third-order valence-electron chi connectivity index (χ3n) is 0.676. The predicted octanol–water partition coefficient (Wildman–Crippen LogP) is -0.239. The molecule has 0 aliphatic carbocycles. The Balaban J connectivity index is 3.31. The Morgan fingerprint density at radius 3 is 2.67 bits per heavy atom. The quantitative estimate of drug-likeness (QED) is 0.401. The third kappa shape index (κ3) is 1.22. The van der Waals surface area contributed by atoms with E-state index in [-0.39, 0.29) is 24.2 Å². The summed E-state index contributed by atoms with van der Waals surface area (Å²) in [6, 6.07) is -0.361. The molecular weight excluding hydrogens is 116 g/mol. The summed E-state index contributed by atoms with van der Waals surface area (Å²) in [5.74, 6) is -0.585. The lowest BCUT2D eigenvalue weighted by atomic mass is 10.5. The van der Waals surface area contributed by atoms with Crippen molar-refractivity contribution in [3.05, 3.63) is 24.2 Å². The van der Waals surface area contributed by atoms with Crippen LogP contribution >= 0.6 is 0 Å². The van der Waals surface area contributed by atoms with Crippen molar-refractivity contribution in [2.45, 2.75) is 0 Å². The van der Waals surface area contributed by atoms with Crippen LogP contribution in [0.25, 0.3) is 0 Å². The fourth-order valence-corrected chi connectivity index (χ4v) is 0.332. The van der Waals surface area contributed by atoms with E-state index in [0.717, 1.165) is 0 Å². The lowest BCUT2D eigenvalue weighted by molar-refractivity contribution is 1.11. The van der Waals surface area contributed by atoms with Crippen molar-refractivity contribution < 1.29 is 4.11 Å².